The first-order valence-corrected chi connectivity index (χ1v) is 7.94. The SMILES string of the molecule is NNC(CCc1cccs1)c1ccc(Br)cc1C(F)(F)F. The van der Waals surface area contributed by atoms with Gasteiger partial charge in [0.1, 0.15) is 0 Å². The van der Waals surface area contributed by atoms with Crippen LogP contribution in [0.2, 0.25) is 0 Å². The van der Waals surface area contributed by atoms with Gasteiger partial charge in [-0.3, -0.25) is 11.3 Å². The van der Waals surface area contributed by atoms with Crippen molar-refractivity contribution in [2.24, 2.45) is 5.84 Å². The van der Waals surface area contributed by atoms with Gasteiger partial charge in [0.25, 0.3) is 0 Å². The number of aryl methyl sites for hydroxylation is 1. The Bertz CT molecular complexity index is 584. The lowest BCUT2D eigenvalue weighted by Gasteiger charge is -2.21. The zero-order valence-electron chi connectivity index (χ0n) is 11.0. The zero-order valence-corrected chi connectivity index (χ0v) is 13.4. The molecule has 3 N–H and O–H groups in total. The Balaban J connectivity index is 2.25. The van der Waals surface area contributed by atoms with Gasteiger partial charge >= 0.3 is 6.18 Å². The molecule has 0 fully saturated rings. The van der Waals surface area contributed by atoms with E-state index in [1.807, 2.05) is 17.5 Å². The van der Waals surface area contributed by atoms with Gasteiger partial charge < -0.3 is 0 Å². The maximum absolute atomic E-state index is 13.2. The second-order valence-electron chi connectivity index (χ2n) is 4.57. The molecule has 0 bridgehead atoms. The van der Waals surface area contributed by atoms with Crippen LogP contribution in [-0.4, -0.2) is 0 Å². The molecule has 0 aliphatic carbocycles. The van der Waals surface area contributed by atoms with Crippen LogP contribution in [0.1, 0.15) is 28.5 Å². The number of rotatable bonds is 5. The van der Waals surface area contributed by atoms with E-state index in [9.17, 15) is 13.2 Å². The maximum atomic E-state index is 13.2. The fraction of sp³-hybridized carbons (Fsp3) is 0.286. The Morgan fingerprint density at radius 2 is 2.05 bits per heavy atom. The molecule has 0 saturated heterocycles. The molecule has 2 rings (SSSR count). The topological polar surface area (TPSA) is 38.0 Å². The van der Waals surface area contributed by atoms with E-state index >= 15 is 0 Å². The van der Waals surface area contributed by atoms with E-state index in [0.29, 0.717) is 17.3 Å². The lowest BCUT2D eigenvalue weighted by Crippen LogP contribution is -2.30. The largest absolute Gasteiger partial charge is 0.416 e. The first-order valence-electron chi connectivity index (χ1n) is 6.27. The van der Waals surface area contributed by atoms with Crippen molar-refractivity contribution in [3.05, 3.63) is 56.2 Å². The number of benzene rings is 1. The van der Waals surface area contributed by atoms with E-state index < -0.39 is 17.8 Å². The molecule has 114 valence electrons. The van der Waals surface area contributed by atoms with Gasteiger partial charge in [0.2, 0.25) is 0 Å². The van der Waals surface area contributed by atoms with Crippen molar-refractivity contribution in [3.63, 3.8) is 0 Å². The fourth-order valence-electron chi connectivity index (χ4n) is 2.15. The van der Waals surface area contributed by atoms with E-state index in [-0.39, 0.29) is 5.56 Å². The number of thiophene rings is 1. The Hall–Kier alpha value is -0.890. The highest BCUT2D eigenvalue weighted by Gasteiger charge is 2.35. The molecule has 0 radical (unpaired) electrons. The molecule has 0 saturated carbocycles. The van der Waals surface area contributed by atoms with Crippen molar-refractivity contribution >= 4 is 27.3 Å². The summed E-state index contributed by atoms with van der Waals surface area (Å²) < 4.78 is 39.8. The van der Waals surface area contributed by atoms with Gasteiger partial charge in [-0.05, 0) is 42.0 Å². The van der Waals surface area contributed by atoms with Crippen molar-refractivity contribution in [2.75, 3.05) is 0 Å². The molecule has 2 aromatic rings. The van der Waals surface area contributed by atoms with Crippen molar-refractivity contribution in [3.8, 4) is 0 Å². The lowest BCUT2D eigenvalue weighted by molar-refractivity contribution is -0.138. The number of nitrogens with one attached hydrogen (secondary N) is 1. The van der Waals surface area contributed by atoms with Crippen LogP contribution >= 0.6 is 27.3 Å². The first kappa shape index (κ1) is 16.5. The van der Waals surface area contributed by atoms with Crippen LogP contribution in [-0.2, 0) is 12.6 Å². The molecule has 1 aromatic heterocycles. The van der Waals surface area contributed by atoms with Gasteiger partial charge in [-0.1, -0.05) is 28.1 Å². The van der Waals surface area contributed by atoms with Gasteiger partial charge in [-0.15, -0.1) is 11.3 Å². The standard InChI is InChI=1S/C14H14BrF3N2S/c15-9-3-5-11(12(8-9)14(16,17)18)13(20-19)6-4-10-2-1-7-21-10/h1-3,5,7-8,13,20H,4,6,19H2. The van der Waals surface area contributed by atoms with Crippen LogP contribution in [0.5, 0.6) is 0 Å². The molecular weight excluding hydrogens is 365 g/mol. The van der Waals surface area contributed by atoms with Gasteiger partial charge in [-0.2, -0.15) is 13.2 Å². The van der Waals surface area contributed by atoms with Crippen LogP contribution < -0.4 is 11.3 Å². The first-order chi connectivity index (χ1) is 9.91. The zero-order chi connectivity index (χ0) is 15.5. The molecule has 0 spiro atoms. The minimum absolute atomic E-state index is 0.171. The third-order valence-corrected chi connectivity index (χ3v) is 4.59. The minimum atomic E-state index is -4.41. The van der Waals surface area contributed by atoms with E-state index in [2.05, 4.69) is 21.4 Å². The Kier molecular flexibility index (Phi) is 5.43. The van der Waals surface area contributed by atoms with Crippen LogP contribution in [0, 0.1) is 0 Å². The van der Waals surface area contributed by atoms with Crippen molar-refractivity contribution in [1.29, 1.82) is 0 Å². The summed E-state index contributed by atoms with van der Waals surface area (Å²) in [6.45, 7) is 0. The smallest absolute Gasteiger partial charge is 0.271 e. The average Bonchev–Trinajstić information content (AvgIpc) is 2.93. The van der Waals surface area contributed by atoms with Crippen LogP contribution in [0.3, 0.4) is 0 Å². The molecule has 0 amide bonds. The number of hydrogen-bond donors (Lipinski definition) is 2. The summed E-state index contributed by atoms with van der Waals surface area (Å²) >= 11 is 4.66. The second-order valence-corrected chi connectivity index (χ2v) is 6.51. The van der Waals surface area contributed by atoms with Gasteiger partial charge in [-0.25, -0.2) is 0 Å². The minimum Gasteiger partial charge on any atom is -0.271 e. The third kappa shape index (κ3) is 4.29. The van der Waals surface area contributed by atoms with Crippen LogP contribution in [0.25, 0.3) is 0 Å². The van der Waals surface area contributed by atoms with Crippen molar-refractivity contribution in [1.82, 2.24) is 5.43 Å². The fourth-order valence-corrected chi connectivity index (χ4v) is 3.23. The summed E-state index contributed by atoms with van der Waals surface area (Å²) in [4.78, 5) is 1.13. The summed E-state index contributed by atoms with van der Waals surface area (Å²) in [6, 6.07) is 7.49. The predicted octanol–water partition coefficient (Wildman–Crippen LogP) is 4.67. The number of nitrogens with two attached hydrogens (primary N) is 1. The molecule has 1 unspecified atom stereocenters. The summed E-state index contributed by atoms with van der Waals surface area (Å²) in [5.74, 6) is 5.47. The highest BCUT2D eigenvalue weighted by atomic mass is 79.9. The Morgan fingerprint density at radius 1 is 1.29 bits per heavy atom. The van der Waals surface area contributed by atoms with E-state index in [0.717, 1.165) is 10.9 Å². The van der Waals surface area contributed by atoms with Crippen LogP contribution in [0.4, 0.5) is 13.2 Å². The summed E-state index contributed by atoms with van der Waals surface area (Å²) in [6.07, 6.45) is -3.22. The Labute approximate surface area is 133 Å². The summed E-state index contributed by atoms with van der Waals surface area (Å²) in [5.41, 5.74) is 2.01. The molecule has 21 heavy (non-hydrogen) atoms. The van der Waals surface area contributed by atoms with Gasteiger partial charge in [0.15, 0.2) is 0 Å². The van der Waals surface area contributed by atoms with Crippen LogP contribution in [0.15, 0.2) is 40.2 Å². The highest BCUT2D eigenvalue weighted by Crippen LogP contribution is 2.37. The average molecular weight is 379 g/mol. The quantitative estimate of drug-likeness (QED) is 0.586. The lowest BCUT2D eigenvalue weighted by atomic mass is 9.96. The number of hydrazine groups is 1. The van der Waals surface area contributed by atoms with Gasteiger partial charge in [0.05, 0.1) is 5.56 Å². The Morgan fingerprint density at radius 3 is 2.62 bits per heavy atom. The van der Waals surface area contributed by atoms with Crippen molar-refractivity contribution in [2.45, 2.75) is 25.1 Å². The van der Waals surface area contributed by atoms with Crippen molar-refractivity contribution < 1.29 is 13.2 Å². The number of hydrogen-bond acceptors (Lipinski definition) is 3. The molecule has 0 aliphatic rings. The third-order valence-electron chi connectivity index (χ3n) is 3.16. The molecule has 1 atom stereocenters. The summed E-state index contributed by atoms with van der Waals surface area (Å²) in [5, 5.41) is 1.95. The molecule has 7 heteroatoms. The predicted molar refractivity (Wildman–Crippen MR) is 81.8 cm³/mol. The number of halogens is 4. The van der Waals surface area contributed by atoms with E-state index in [4.69, 9.17) is 5.84 Å². The maximum Gasteiger partial charge on any atom is 0.416 e. The number of alkyl halides is 3. The monoisotopic (exact) mass is 378 g/mol. The van der Waals surface area contributed by atoms with E-state index in [1.165, 1.54) is 6.07 Å². The van der Waals surface area contributed by atoms with Gasteiger partial charge in [0, 0.05) is 15.4 Å². The molecule has 1 heterocycles. The van der Waals surface area contributed by atoms with E-state index in [1.54, 1.807) is 17.4 Å². The molecule has 1 aromatic carbocycles. The normalized spacial score (nSPS) is 13.4. The highest BCUT2D eigenvalue weighted by molar-refractivity contribution is 9.10. The molecule has 2 nitrogen and oxygen atoms in total. The molecule has 0 aliphatic heterocycles. The molecular formula is C14H14BrF3N2S. The second kappa shape index (κ2) is 6.91. The summed E-state index contributed by atoms with van der Waals surface area (Å²) in [7, 11) is 0.